The summed E-state index contributed by atoms with van der Waals surface area (Å²) in [5, 5.41) is 0. The predicted octanol–water partition coefficient (Wildman–Crippen LogP) is 2.36. The second kappa shape index (κ2) is 5.92. The summed E-state index contributed by atoms with van der Waals surface area (Å²) in [6.45, 7) is 5.28. The minimum absolute atomic E-state index is 0.241. The van der Waals surface area contributed by atoms with Gasteiger partial charge >= 0.3 is 0 Å². The van der Waals surface area contributed by atoms with E-state index in [1.165, 1.54) is 0 Å². The Bertz CT molecular complexity index is 161. The average Bonchev–Trinajstić information content (AvgIpc) is 1.84. The van der Waals surface area contributed by atoms with Crippen LogP contribution in [-0.4, -0.2) is 11.6 Å². The van der Waals surface area contributed by atoms with E-state index in [0.29, 0.717) is 18.8 Å². The fraction of sp³-hybridized carbons (Fsp3) is 0.800. The summed E-state index contributed by atoms with van der Waals surface area (Å²) in [5.41, 5.74) is 0. The minimum Gasteiger partial charge on any atom is -0.300 e. The molecule has 0 amide bonds. The summed E-state index contributed by atoms with van der Waals surface area (Å²) in [6, 6.07) is 0. The fourth-order valence-electron chi connectivity index (χ4n) is 1.29. The zero-order valence-corrected chi connectivity index (χ0v) is 8.22. The van der Waals surface area contributed by atoms with Gasteiger partial charge in [-0.3, -0.25) is 0 Å². The summed E-state index contributed by atoms with van der Waals surface area (Å²) in [6.07, 6.45) is 3.21. The van der Waals surface area contributed by atoms with E-state index in [9.17, 15) is 9.59 Å². The molecule has 0 spiro atoms. The Hall–Kier alpha value is -0.660. The Morgan fingerprint density at radius 2 is 1.75 bits per heavy atom. The van der Waals surface area contributed by atoms with Crippen molar-refractivity contribution in [3.8, 4) is 0 Å². The topological polar surface area (TPSA) is 34.1 Å². The van der Waals surface area contributed by atoms with Crippen molar-refractivity contribution >= 4 is 11.6 Å². The van der Waals surface area contributed by atoms with Gasteiger partial charge in [0.1, 0.15) is 11.6 Å². The molecule has 0 rings (SSSR count). The molecule has 0 aromatic carbocycles. The SMILES string of the molecule is CC(=O)CCCC(C)CC(C)=O. The van der Waals surface area contributed by atoms with Crippen molar-refractivity contribution in [2.75, 3.05) is 0 Å². The number of hydrogen-bond donors (Lipinski definition) is 0. The Balaban J connectivity index is 3.37. The van der Waals surface area contributed by atoms with Crippen molar-refractivity contribution in [1.82, 2.24) is 0 Å². The molecule has 0 saturated carbocycles. The normalized spacial score (nSPS) is 12.6. The highest BCUT2D eigenvalue weighted by atomic mass is 16.1. The van der Waals surface area contributed by atoms with Crippen molar-refractivity contribution < 1.29 is 9.59 Å². The first kappa shape index (κ1) is 11.3. The molecule has 70 valence electrons. The lowest BCUT2D eigenvalue weighted by molar-refractivity contribution is -0.117. The van der Waals surface area contributed by atoms with Crippen molar-refractivity contribution in [1.29, 1.82) is 0 Å². The van der Waals surface area contributed by atoms with Crippen molar-refractivity contribution in [3.63, 3.8) is 0 Å². The van der Waals surface area contributed by atoms with Gasteiger partial charge in [0.15, 0.2) is 0 Å². The first-order valence-electron chi connectivity index (χ1n) is 4.51. The molecule has 0 aromatic rings. The van der Waals surface area contributed by atoms with Gasteiger partial charge in [-0.25, -0.2) is 0 Å². The number of Topliss-reactive ketones (excluding diaryl/α,β-unsaturated/α-hetero) is 2. The van der Waals surface area contributed by atoms with Gasteiger partial charge in [-0.15, -0.1) is 0 Å². The Morgan fingerprint density at radius 1 is 1.17 bits per heavy atom. The molecule has 0 aromatic heterocycles. The highest BCUT2D eigenvalue weighted by Gasteiger charge is 2.05. The van der Waals surface area contributed by atoms with Crippen LogP contribution in [-0.2, 0) is 9.59 Å². The van der Waals surface area contributed by atoms with Crippen LogP contribution in [0.15, 0.2) is 0 Å². The number of rotatable bonds is 6. The molecular weight excluding hydrogens is 152 g/mol. The monoisotopic (exact) mass is 170 g/mol. The van der Waals surface area contributed by atoms with E-state index in [2.05, 4.69) is 6.92 Å². The predicted molar refractivity (Wildman–Crippen MR) is 49.0 cm³/mol. The molecule has 2 heteroatoms. The van der Waals surface area contributed by atoms with E-state index in [1.807, 2.05) is 0 Å². The lowest BCUT2D eigenvalue weighted by atomic mass is 9.98. The molecule has 2 nitrogen and oxygen atoms in total. The zero-order chi connectivity index (χ0) is 9.56. The van der Waals surface area contributed by atoms with Crippen LogP contribution in [0.5, 0.6) is 0 Å². The first-order valence-corrected chi connectivity index (χ1v) is 4.51. The second-order valence-electron chi connectivity index (χ2n) is 3.61. The van der Waals surface area contributed by atoms with Crippen LogP contribution in [0.1, 0.15) is 46.5 Å². The van der Waals surface area contributed by atoms with E-state index in [4.69, 9.17) is 0 Å². The third-order valence-electron chi connectivity index (χ3n) is 1.86. The molecule has 0 heterocycles. The minimum atomic E-state index is 0.241. The largest absolute Gasteiger partial charge is 0.300 e. The van der Waals surface area contributed by atoms with E-state index in [1.54, 1.807) is 13.8 Å². The smallest absolute Gasteiger partial charge is 0.130 e. The van der Waals surface area contributed by atoms with E-state index < -0.39 is 0 Å². The molecule has 0 aliphatic rings. The molecule has 0 aliphatic carbocycles. The average molecular weight is 170 g/mol. The van der Waals surface area contributed by atoms with Crippen molar-refractivity contribution in [3.05, 3.63) is 0 Å². The molecule has 0 N–H and O–H groups in total. The van der Waals surface area contributed by atoms with Crippen LogP contribution in [0.25, 0.3) is 0 Å². The standard InChI is InChI=1S/C10H18O2/c1-8(7-10(3)12)5-4-6-9(2)11/h8H,4-7H2,1-3H3. The molecule has 1 atom stereocenters. The first-order chi connectivity index (χ1) is 5.52. The second-order valence-corrected chi connectivity index (χ2v) is 3.61. The Labute approximate surface area is 74.3 Å². The lowest BCUT2D eigenvalue weighted by Gasteiger charge is -2.07. The van der Waals surface area contributed by atoms with Gasteiger partial charge in [-0.1, -0.05) is 6.92 Å². The number of ketones is 2. The van der Waals surface area contributed by atoms with Gasteiger partial charge < -0.3 is 9.59 Å². The molecule has 0 fully saturated rings. The molecule has 12 heavy (non-hydrogen) atoms. The van der Waals surface area contributed by atoms with E-state index in [-0.39, 0.29) is 11.6 Å². The zero-order valence-electron chi connectivity index (χ0n) is 8.22. The quantitative estimate of drug-likeness (QED) is 0.613. The summed E-state index contributed by atoms with van der Waals surface area (Å²) in [4.78, 5) is 21.3. The summed E-state index contributed by atoms with van der Waals surface area (Å²) in [7, 11) is 0. The van der Waals surface area contributed by atoms with Crippen LogP contribution in [0.4, 0.5) is 0 Å². The number of hydrogen-bond acceptors (Lipinski definition) is 2. The van der Waals surface area contributed by atoms with E-state index >= 15 is 0 Å². The van der Waals surface area contributed by atoms with Crippen LogP contribution in [0.2, 0.25) is 0 Å². The van der Waals surface area contributed by atoms with Crippen LogP contribution in [0, 0.1) is 5.92 Å². The van der Waals surface area contributed by atoms with Gasteiger partial charge in [0.25, 0.3) is 0 Å². The molecule has 0 bridgehead atoms. The van der Waals surface area contributed by atoms with Crippen molar-refractivity contribution in [2.45, 2.75) is 46.5 Å². The van der Waals surface area contributed by atoms with Crippen molar-refractivity contribution in [2.24, 2.45) is 5.92 Å². The molecule has 1 unspecified atom stereocenters. The highest BCUT2D eigenvalue weighted by molar-refractivity contribution is 5.76. The molecule has 0 radical (unpaired) electrons. The summed E-state index contributed by atoms with van der Waals surface area (Å²) < 4.78 is 0. The maximum absolute atomic E-state index is 10.7. The third-order valence-corrected chi connectivity index (χ3v) is 1.86. The maximum Gasteiger partial charge on any atom is 0.130 e. The maximum atomic E-state index is 10.7. The summed E-state index contributed by atoms with van der Waals surface area (Å²) in [5.74, 6) is 0.914. The van der Waals surface area contributed by atoms with Gasteiger partial charge in [-0.2, -0.15) is 0 Å². The van der Waals surface area contributed by atoms with Gasteiger partial charge in [0.05, 0.1) is 0 Å². The molecule has 0 saturated heterocycles. The van der Waals surface area contributed by atoms with Crippen LogP contribution < -0.4 is 0 Å². The Kier molecular flexibility index (Phi) is 5.60. The van der Waals surface area contributed by atoms with E-state index in [0.717, 1.165) is 12.8 Å². The fourth-order valence-corrected chi connectivity index (χ4v) is 1.29. The highest BCUT2D eigenvalue weighted by Crippen LogP contribution is 2.12. The van der Waals surface area contributed by atoms with Gasteiger partial charge in [-0.05, 0) is 32.6 Å². The summed E-state index contributed by atoms with van der Waals surface area (Å²) >= 11 is 0. The lowest BCUT2D eigenvalue weighted by Crippen LogP contribution is -2.02. The molecular formula is C10H18O2. The number of carbonyl (C=O) groups is 2. The number of carbonyl (C=O) groups excluding carboxylic acids is 2. The Morgan fingerprint density at radius 3 is 2.17 bits per heavy atom. The van der Waals surface area contributed by atoms with Crippen LogP contribution >= 0.6 is 0 Å². The van der Waals surface area contributed by atoms with Gasteiger partial charge in [0, 0.05) is 12.8 Å². The third kappa shape index (κ3) is 7.45. The van der Waals surface area contributed by atoms with Gasteiger partial charge in [0.2, 0.25) is 0 Å². The molecule has 0 aliphatic heterocycles. The van der Waals surface area contributed by atoms with Crippen LogP contribution in [0.3, 0.4) is 0 Å².